The number of para-hydroxylation sites is 1. The summed E-state index contributed by atoms with van der Waals surface area (Å²) in [7, 11) is 3.53. The number of aromatic nitrogens is 2. The molecule has 0 fully saturated rings. The molecule has 2 heterocycles. The molecule has 2 aromatic carbocycles. The lowest BCUT2D eigenvalue weighted by Crippen LogP contribution is -2.53. The van der Waals surface area contributed by atoms with E-state index in [0.717, 1.165) is 11.8 Å². The standard InChI is InChI=1S/C22H18Cl2N6O3S/c1-28(2)29-12-19(33-27-29)26-18(31)13-34-22-25-17(11-14-7-6-10-16(23)20(14)24)21(32)30(22)15-8-4-3-5-9-15/h3-12H,13H2,1-2H3/b17-11+. The van der Waals surface area contributed by atoms with Crippen molar-refractivity contribution in [3.63, 3.8) is 0 Å². The number of rotatable bonds is 6. The molecule has 1 aromatic heterocycles. The average Bonchev–Trinajstić information content (AvgIpc) is 3.41. The maximum absolute atomic E-state index is 13.2. The van der Waals surface area contributed by atoms with Crippen molar-refractivity contribution in [2.45, 2.75) is 0 Å². The van der Waals surface area contributed by atoms with Gasteiger partial charge in [0, 0.05) is 5.75 Å². The van der Waals surface area contributed by atoms with E-state index in [9.17, 15) is 9.90 Å². The largest absolute Gasteiger partial charge is 0.861 e. The smallest absolute Gasteiger partial charge is 0.324 e. The normalized spacial score (nSPS) is 15.2. The van der Waals surface area contributed by atoms with Crippen LogP contribution in [0.1, 0.15) is 5.56 Å². The molecule has 1 amide bonds. The van der Waals surface area contributed by atoms with Gasteiger partial charge in [-0.15, -0.1) is 0 Å². The Balaban J connectivity index is 1.61. The molecule has 0 saturated carbocycles. The monoisotopic (exact) mass is 516 g/mol. The highest BCUT2D eigenvalue weighted by Crippen LogP contribution is 2.32. The van der Waals surface area contributed by atoms with E-state index in [1.807, 2.05) is 18.2 Å². The highest BCUT2D eigenvalue weighted by Gasteiger charge is 2.32. The Morgan fingerprint density at radius 2 is 2.00 bits per heavy atom. The summed E-state index contributed by atoms with van der Waals surface area (Å²) in [4.78, 5) is 24.5. The van der Waals surface area contributed by atoms with Crippen LogP contribution in [0, 0.1) is 0 Å². The van der Waals surface area contributed by atoms with Crippen molar-refractivity contribution in [1.29, 1.82) is 0 Å². The van der Waals surface area contributed by atoms with E-state index >= 15 is 0 Å². The zero-order chi connectivity index (χ0) is 24.2. The topological polar surface area (TPSA) is 101 Å². The fraction of sp³-hybridized carbons (Fsp3) is 0.136. The summed E-state index contributed by atoms with van der Waals surface area (Å²) < 4.78 is 5.03. The molecule has 0 N–H and O–H groups in total. The molecular weight excluding hydrogens is 499 g/mol. The Labute approximate surface area is 209 Å². The van der Waals surface area contributed by atoms with Gasteiger partial charge in [0.05, 0.1) is 34.6 Å². The van der Waals surface area contributed by atoms with Crippen molar-refractivity contribution in [3.8, 4) is 0 Å². The number of anilines is 1. The third kappa shape index (κ3) is 5.24. The number of hydrogen-bond donors (Lipinski definition) is 0. The Bertz CT molecular complexity index is 1310. The molecular formula is C22H18Cl2N6O3S. The first kappa shape index (κ1) is 23.8. The molecule has 0 unspecified atom stereocenters. The van der Waals surface area contributed by atoms with Crippen LogP contribution in [0.25, 0.3) is 6.08 Å². The molecule has 0 radical (unpaired) electrons. The van der Waals surface area contributed by atoms with Gasteiger partial charge in [-0.05, 0) is 35.7 Å². The Hall–Kier alpha value is -3.34. The van der Waals surface area contributed by atoms with Crippen LogP contribution < -0.4 is 19.8 Å². The molecule has 0 bridgehead atoms. The van der Waals surface area contributed by atoms with E-state index in [0.29, 0.717) is 26.5 Å². The highest BCUT2D eigenvalue weighted by molar-refractivity contribution is 8.14. The zero-order valence-corrected chi connectivity index (χ0v) is 20.4. The summed E-state index contributed by atoms with van der Waals surface area (Å²) in [6.45, 7) is 0. The first-order valence-electron chi connectivity index (χ1n) is 9.91. The summed E-state index contributed by atoms with van der Waals surface area (Å²) in [5.74, 6) is -0.815. The molecule has 0 aliphatic carbocycles. The predicted octanol–water partition coefficient (Wildman–Crippen LogP) is 3.03. The van der Waals surface area contributed by atoms with Gasteiger partial charge in [0.25, 0.3) is 12.1 Å². The van der Waals surface area contributed by atoms with Crippen LogP contribution in [-0.4, -0.2) is 42.1 Å². The van der Waals surface area contributed by atoms with Gasteiger partial charge in [-0.25, -0.2) is 9.98 Å². The van der Waals surface area contributed by atoms with E-state index in [-0.39, 0.29) is 23.2 Å². The molecule has 34 heavy (non-hydrogen) atoms. The SMILES string of the molecule is CN(C)[n+]1cc(/N=C(/[O-])CSC2=N/C(=C/c3cccc(Cl)c3Cl)C(=O)N2c2ccccc2)on1. The fourth-order valence-corrected chi connectivity index (χ4v) is 4.09. The molecule has 9 nitrogen and oxygen atoms in total. The van der Waals surface area contributed by atoms with Gasteiger partial charge in [0.1, 0.15) is 5.70 Å². The van der Waals surface area contributed by atoms with E-state index in [1.165, 1.54) is 15.9 Å². The second-order valence-electron chi connectivity index (χ2n) is 7.15. The lowest BCUT2D eigenvalue weighted by molar-refractivity contribution is -0.753. The van der Waals surface area contributed by atoms with Crippen molar-refractivity contribution >= 4 is 69.6 Å². The quantitative estimate of drug-likeness (QED) is 0.216. The first-order valence-corrected chi connectivity index (χ1v) is 11.6. The van der Waals surface area contributed by atoms with Crippen LogP contribution in [0.5, 0.6) is 0 Å². The number of benzene rings is 2. The van der Waals surface area contributed by atoms with Crippen molar-refractivity contribution in [2.24, 2.45) is 9.98 Å². The molecule has 174 valence electrons. The number of amides is 1. The molecule has 4 rings (SSSR count). The Kier molecular flexibility index (Phi) is 7.20. The minimum Gasteiger partial charge on any atom is -0.861 e. The zero-order valence-electron chi connectivity index (χ0n) is 18.1. The number of aliphatic imine (C=N–C) groups is 2. The third-order valence-electron chi connectivity index (χ3n) is 4.53. The van der Waals surface area contributed by atoms with Crippen LogP contribution in [0.4, 0.5) is 11.6 Å². The lowest BCUT2D eigenvalue weighted by atomic mass is 10.2. The van der Waals surface area contributed by atoms with Crippen LogP contribution in [0.3, 0.4) is 0 Å². The Morgan fingerprint density at radius 1 is 1.24 bits per heavy atom. The number of carbonyl (C=O) groups excluding carboxylic acids is 1. The maximum atomic E-state index is 13.2. The number of thioether (sulfide) groups is 1. The van der Waals surface area contributed by atoms with Gasteiger partial charge in [-0.2, -0.15) is 5.01 Å². The highest BCUT2D eigenvalue weighted by atomic mass is 35.5. The molecule has 1 aliphatic heterocycles. The van der Waals surface area contributed by atoms with E-state index < -0.39 is 5.90 Å². The number of nitrogens with zero attached hydrogens (tertiary/aromatic N) is 6. The number of halogens is 2. The molecule has 12 heteroatoms. The summed E-state index contributed by atoms with van der Waals surface area (Å²) >= 11 is 13.5. The Morgan fingerprint density at radius 3 is 2.71 bits per heavy atom. The minimum atomic E-state index is -0.467. The van der Waals surface area contributed by atoms with Gasteiger partial charge >= 0.3 is 5.88 Å². The first-order chi connectivity index (χ1) is 16.3. The second kappa shape index (κ2) is 10.3. The van der Waals surface area contributed by atoms with Gasteiger partial charge < -0.3 is 5.11 Å². The van der Waals surface area contributed by atoms with E-state index in [2.05, 4.69) is 15.3 Å². The van der Waals surface area contributed by atoms with E-state index in [1.54, 1.807) is 55.5 Å². The molecule has 0 spiro atoms. The molecule has 3 aromatic rings. The van der Waals surface area contributed by atoms with Crippen LogP contribution in [0.15, 0.2) is 74.9 Å². The maximum Gasteiger partial charge on any atom is 0.324 e. The van der Waals surface area contributed by atoms with Crippen molar-refractivity contribution in [1.82, 2.24) is 5.27 Å². The lowest BCUT2D eigenvalue weighted by Gasteiger charge is -2.18. The molecule has 0 atom stereocenters. The molecule has 1 aliphatic rings. The predicted molar refractivity (Wildman–Crippen MR) is 132 cm³/mol. The van der Waals surface area contributed by atoms with Crippen LogP contribution >= 0.6 is 35.0 Å². The van der Waals surface area contributed by atoms with E-state index in [4.69, 9.17) is 27.7 Å². The third-order valence-corrected chi connectivity index (χ3v) is 6.29. The van der Waals surface area contributed by atoms with Gasteiger partial charge in [-0.3, -0.25) is 14.2 Å². The van der Waals surface area contributed by atoms with Crippen LogP contribution in [-0.2, 0) is 4.79 Å². The summed E-state index contributed by atoms with van der Waals surface area (Å²) in [5.41, 5.74) is 1.35. The van der Waals surface area contributed by atoms with Crippen molar-refractivity contribution < 1.29 is 19.2 Å². The number of hydrogen-bond acceptors (Lipinski definition) is 8. The minimum absolute atomic E-state index is 0.0662. The molecule has 0 saturated heterocycles. The van der Waals surface area contributed by atoms with Gasteiger partial charge in [0.2, 0.25) is 5.27 Å². The van der Waals surface area contributed by atoms with Gasteiger partial charge in [-0.1, -0.05) is 65.3 Å². The van der Waals surface area contributed by atoms with Gasteiger partial charge in [0.15, 0.2) is 5.17 Å². The summed E-state index contributed by atoms with van der Waals surface area (Å²) in [6.07, 6.45) is 3.05. The van der Waals surface area contributed by atoms with Crippen molar-refractivity contribution in [3.05, 3.63) is 76.0 Å². The summed E-state index contributed by atoms with van der Waals surface area (Å²) in [5, 5.41) is 18.8. The second-order valence-corrected chi connectivity index (χ2v) is 8.87. The number of amidine groups is 1. The van der Waals surface area contributed by atoms with Crippen LogP contribution in [0.2, 0.25) is 10.0 Å². The fourth-order valence-electron chi connectivity index (χ4n) is 2.93. The average molecular weight is 517 g/mol. The van der Waals surface area contributed by atoms with Crippen molar-refractivity contribution in [2.75, 3.05) is 29.8 Å². The summed E-state index contributed by atoms with van der Waals surface area (Å²) in [6, 6.07) is 14.2. The number of carbonyl (C=O) groups is 1.